The summed E-state index contributed by atoms with van der Waals surface area (Å²) < 4.78 is 141. The average Bonchev–Trinajstić information content (AvgIpc) is 1.62. The van der Waals surface area contributed by atoms with Gasteiger partial charge < -0.3 is 54.5 Å². The van der Waals surface area contributed by atoms with E-state index in [4.69, 9.17) is 37.1 Å². The average molecular weight is 1620 g/mol. The molecule has 19 rings (SSSR count). The minimum absolute atomic E-state index is 0.186. The predicted molar refractivity (Wildman–Crippen MR) is 439 cm³/mol. The highest BCUT2D eigenvalue weighted by molar-refractivity contribution is 7.86. The maximum absolute atomic E-state index is 12.0. The van der Waals surface area contributed by atoms with Gasteiger partial charge in [-0.3, -0.25) is 9.11 Å². The molecular formula is C86H64N12O14S4-2. The van der Waals surface area contributed by atoms with Gasteiger partial charge in [0.2, 0.25) is 0 Å². The second-order valence-electron chi connectivity index (χ2n) is 27.3. The van der Waals surface area contributed by atoms with Crippen LogP contribution in [-0.4, -0.2) is 102 Å². The molecule has 2 unspecified atom stereocenters. The Bertz CT molecular complexity index is 7200. The third-order valence-corrected chi connectivity index (χ3v) is 21.7. The summed E-state index contributed by atoms with van der Waals surface area (Å²) >= 11 is -5.40. The number of benzene rings is 11. The smallest absolute Gasteiger partial charge is 0.294 e. The lowest BCUT2D eigenvalue weighted by molar-refractivity contribution is 0.439. The van der Waals surface area contributed by atoms with E-state index < -0.39 is 43.0 Å². The third-order valence-electron chi connectivity index (χ3n) is 19.3. The number of nitrogens with zero attached hydrogens (tertiary/aromatic N) is 10. The Morgan fingerprint density at radius 3 is 1.09 bits per heavy atom. The highest BCUT2D eigenvalue weighted by Crippen LogP contribution is 2.38. The first-order chi connectivity index (χ1) is 56.1. The molecule has 0 saturated heterocycles. The Morgan fingerprint density at radius 1 is 0.353 bits per heavy atom. The summed E-state index contributed by atoms with van der Waals surface area (Å²) in [5, 5.41) is 0. The van der Waals surface area contributed by atoms with Gasteiger partial charge >= 0.3 is 0 Å². The highest BCUT2D eigenvalue weighted by atomic mass is 32.2. The molecule has 2 atom stereocenters. The Balaban J connectivity index is 0.000000129. The second-order valence-corrected chi connectivity index (χ2v) is 31.3. The summed E-state index contributed by atoms with van der Waals surface area (Å²) in [6, 6.07) is 85.7. The molecule has 578 valence electrons. The highest BCUT2D eigenvalue weighted by Gasteiger charge is 2.25. The number of hydrogen-bond donors (Lipinski definition) is 4. The standard InChI is InChI=1S/C34H26N4O6S2.C33H26N4O4S.C19H14N4O4S/c39-45(40)44-27-15-17-29-31(19-27)37(21-23-7-3-1-4-8-23)33(35-29)25-11-13-26(14-12-25)34-36-30-18-16-28(46(41,42)43)20-32(30)38(34)22-24-9-5-2-6-10-24;1-22-12-14-26-28(18-22)36(20-23-8-4-2-5-9-23)32(34-26)30-16-17-31(40-30)33-35-27-15-13-25(41-42(38)39)19-29(27)37(33)21-24-10-6-3-7-11-24;1-10-2-4-12-14(8-10)22-18(20-12)16-6-7-17(27-16)19-21-13-5-3-11(28(24,25)26)9-15(13)23-19/h1-20H,21-22H2,(H,39,40)(H,41,42,43);2-19H,20-21H2,1H3,(H,38,39);2-9H,1H3,(H,20,22)(H,21,23)(H,24,25,26)/p-2. The largest absolute Gasteiger partial charge is 0.740 e. The maximum Gasteiger partial charge on any atom is 0.294 e. The van der Waals surface area contributed by atoms with Crippen molar-refractivity contribution in [2.45, 2.75) is 49.8 Å². The summed E-state index contributed by atoms with van der Waals surface area (Å²) in [4.78, 5) is 34.4. The van der Waals surface area contributed by atoms with Gasteiger partial charge in [0, 0.05) is 49.4 Å². The van der Waals surface area contributed by atoms with Gasteiger partial charge in [-0.1, -0.05) is 158 Å². The minimum Gasteiger partial charge on any atom is -0.740 e. The van der Waals surface area contributed by atoms with Crippen LogP contribution >= 0.6 is 0 Å². The number of furan rings is 2. The van der Waals surface area contributed by atoms with Crippen LogP contribution in [-0.2, 0) is 69.1 Å². The quantitative estimate of drug-likeness (QED) is 0.0407. The van der Waals surface area contributed by atoms with Crippen LogP contribution in [0.5, 0.6) is 11.5 Å². The van der Waals surface area contributed by atoms with Crippen LogP contribution < -0.4 is 8.37 Å². The van der Waals surface area contributed by atoms with Crippen molar-refractivity contribution in [2.24, 2.45) is 0 Å². The summed E-state index contributed by atoms with van der Waals surface area (Å²) in [7, 11) is -8.69. The van der Waals surface area contributed by atoms with E-state index in [1.807, 2.05) is 190 Å². The van der Waals surface area contributed by atoms with Crippen molar-refractivity contribution >= 4 is 109 Å². The van der Waals surface area contributed by atoms with Crippen LogP contribution in [0.3, 0.4) is 0 Å². The lowest BCUT2D eigenvalue weighted by Gasteiger charge is -2.12. The fourth-order valence-corrected chi connectivity index (χ4v) is 15.5. The Morgan fingerprint density at radius 2 is 0.672 bits per heavy atom. The maximum atomic E-state index is 12.0. The molecule has 30 heteroatoms. The zero-order chi connectivity index (χ0) is 79.9. The lowest BCUT2D eigenvalue weighted by atomic mass is 10.1. The van der Waals surface area contributed by atoms with Gasteiger partial charge in [-0.15, -0.1) is 0 Å². The molecule has 8 aromatic heterocycles. The van der Waals surface area contributed by atoms with Crippen molar-refractivity contribution in [3.05, 3.63) is 312 Å². The minimum atomic E-state index is -4.41. The zero-order valence-electron chi connectivity index (χ0n) is 61.3. The van der Waals surface area contributed by atoms with Gasteiger partial charge in [-0.25, -0.2) is 38.3 Å². The number of H-pyrrole nitrogens is 2. The summed E-state index contributed by atoms with van der Waals surface area (Å²) in [5.41, 5.74) is 16.9. The van der Waals surface area contributed by atoms with E-state index in [0.29, 0.717) is 117 Å². The summed E-state index contributed by atoms with van der Waals surface area (Å²) in [6.45, 7) is 6.14. The molecule has 0 radical (unpaired) electrons. The number of imidazole rings is 6. The lowest BCUT2D eigenvalue weighted by Crippen LogP contribution is -2.04. The Labute approximate surface area is 666 Å². The van der Waals surface area contributed by atoms with Gasteiger partial charge in [0.1, 0.15) is 45.9 Å². The number of aromatic amines is 2. The number of nitrogens with one attached hydrogen (secondary N) is 2. The molecule has 0 fully saturated rings. The van der Waals surface area contributed by atoms with Crippen molar-refractivity contribution in [1.82, 2.24) is 58.1 Å². The van der Waals surface area contributed by atoms with Gasteiger partial charge in [0.05, 0.1) is 76.0 Å². The molecule has 0 aliphatic carbocycles. The van der Waals surface area contributed by atoms with Crippen LogP contribution in [0.2, 0.25) is 0 Å². The van der Waals surface area contributed by atoms with Crippen molar-refractivity contribution < 1.29 is 60.7 Å². The molecule has 19 aromatic rings. The third kappa shape index (κ3) is 16.1. The first-order valence-corrected chi connectivity index (χ1v) is 40.9. The van der Waals surface area contributed by atoms with E-state index in [1.54, 1.807) is 54.6 Å². The van der Waals surface area contributed by atoms with E-state index in [1.165, 1.54) is 30.3 Å². The van der Waals surface area contributed by atoms with E-state index in [0.717, 1.165) is 77.9 Å². The zero-order valence-corrected chi connectivity index (χ0v) is 64.6. The van der Waals surface area contributed by atoms with Crippen molar-refractivity contribution in [1.29, 1.82) is 0 Å². The van der Waals surface area contributed by atoms with Crippen molar-refractivity contribution in [3.8, 4) is 80.6 Å². The molecule has 0 aliphatic heterocycles. The van der Waals surface area contributed by atoms with Crippen molar-refractivity contribution in [2.75, 3.05) is 0 Å². The molecule has 0 aliphatic rings. The van der Waals surface area contributed by atoms with Gasteiger partial charge in [-0.2, -0.15) is 16.8 Å². The van der Waals surface area contributed by atoms with Crippen molar-refractivity contribution in [3.63, 3.8) is 0 Å². The molecule has 4 N–H and O–H groups in total. The number of aromatic nitrogens is 12. The van der Waals surface area contributed by atoms with Gasteiger partial charge in [-0.05, 0) is 156 Å². The normalized spacial score (nSPS) is 12.3. The molecule has 0 amide bonds. The molecule has 0 bridgehead atoms. The molecule has 116 heavy (non-hydrogen) atoms. The van der Waals surface area contributed by atoms with Gasteiger partial charge in [0.25, 0.3) is 20.2 Å². The predicted octanol–water partition coefficient (Wildman–Crippen LogP) is 17.0. The first kappa shape index (κ1) is 75.1. The fraction of sp³-hybridized carbons (Fsp3) is 0.0698. The van der Waals surface area contributed by atoms with Gasteiger partial charge in [0.15, 0.2) is 46.3 Å². The van der Waals surface area contributed by atoms with Crippen LogP contribution in [0.1, 0.15) is 33.4 Å². The van der Waals surface area contributed by atoms with Crippen LogP contribution in [0.4, 0.5) is 0 Å². The monoisotopic (exact) mass is 1620 g/mol. The second kappa shape index (κ2) is 31.4. The molecule has 0 spiro atoms. The molecule has 0 saturated carbocycles. The molecule has 8 heterocycles. The first-order valence-electron chi connectivity index (χ1n) is 36.0. The van der Waals surface area contributed by atoms with E-state index in [-0.39, 0.29) is 21.3 Å². The van der Waals surface area contributed by atoms with E-state index >= 15 is 0 Å². The Kier molecular flexibility index (Phi) is 20.4. The van der Waals surface area contributed by atoms with Crippen LogP contribution in [0.25, 0.3) is 135 Å². The van der Waals surface area contributed by atoms with E-state index in [2.05, 4.69) is 55.7 Å². The molecule has 11 aromatic carbocycles. The number of aryl methyl sites for hydroxylation is 2. The fourth-order valence-electron chi connectivity index (χ4n) is 13.9. The topological polar surface area (TPSA) is 362 Å². The molecular weight excluding hydrogens is 1550 g/mol. The number of rotatable bonds is 20. The summed E-state index contributed by atoms with van der Waals surface area (Å²) in [5.74, 6) is 6.33. The van der Waals surface area contributed by atoms with E-state index in [9.17, 15) is 43.5 Å². The van der Waals surface area contributed by atoms with Crippen LogP contribution in [0.15, 0.2) is 298 Å². The number of fused-ring (bicyclic) bond motifs is 6. The molecule has 26 nitrogen and oxygen atoms in total. The SMILES string of the molecule is Cc1ccc2nc(-c3ccc(-c4nc5ccc(OS(=O)[O-])cc5n4Cc4ccccc4)o3)n(Cc3ccccc3)c2c1.Cc1ccc2nc(-c3ccc(-c4nc5ccc(S(=O)(=O)O)cc5[nH]4)o3)[nH]c2c1.O=S([O-])Oc1ccc2nc(-c3ccc(-c4nc5ccc(S(=O)(=O)O)cc5n4Cc4ccccc4)cc3)n(Cc3ccccc3)c2c1. The van der Waals surface area contributed by atoms with Crippen LogP contribution in [0, 0.1) is 13.8 Å². The number of hydrogen-bond acceptors (Lipinski definition) is 18. The summed E-state index contributed by atoms with van der Waals surface area (Å²) in [6.07, 6.45) is 0. The Hall–Kier alpha value is -13.6.